The van der Waals surface area contributed by atoms with Crippen LogP contribution in [-0.4, -0.2) is 19.3 Å². The van der Waals surface area contributed by atoms with Crippen LogP contribution < -0.4 is 10.0 Å². The number of carbonyl (C=O) groups excluding carboxylic acids is 1. The third kappa shape index (κ3) is 4.49. The quantitative estimate of drug-likeness (QED) is 0.595. The molecule has 28 heavy (non-hydrogen) atoms. The summed E-state index contributed by atoms with van der Waals surface area (Å²) in [7, 11) is -4.01. The van der Waals surface area contributed by atoms with E-state index in [1.807, 2.05) is 37.3 Å². The predicted octanol–water partition coefficient (Wildman–Crippen LogP) is 4.03. The lowest BCUT2D eigenvalue weighted by atomic mass is 10.1. The average molecular weight is 416 g/mol. The van der Waals surface area contributed by atoms with Crippen LogP contribution in [0.25, 0.3) is 0 Å². The minimum Gasteiger partial charge on any atom is -0.345 e. The molecule has 0 bridgehead atoms. The highest BCUT2D eigenvalue weighted by Gasteiger charge is 2.22. The van der Waals surface area contributed by atoms with E-state index < -0.39 is 15.9 Å². The fourth-order valence-electron chi connectivity index (χ4n) is 2.64. The molecule has 1 aromatic heterocycles. The molecule has 0 spiro atoms. The SMILES string of the molecule is C[C@H](NC(=O)c1ccccc1NS(=O)(=O)c1cccnc1Cl)c1ccccc1. The lowest BCUT2D eigenvalue weighted by Gasteiger charge is -2.17. The van der Waals surface area contributed by atoms with Gasteiger partial charge in [-0.1, -0.05) is 54.1 Å². The van der Waals surface area contributed by atoms with Crippen LogP contribution in [0.1, 0.15) is 28.9 Å². The molecule has 2 aromatic carbocycles. The number of sulfonamides is 1. The first-order chi connectivity index (χ1) is 13.4. The zero-order valence-corrected chi connectivity index (χ0v) is 16.5. The van der Waals surface area contributed by atoms with E-state index in [4.69, 9.17) is 11.6 Å². The molecular weight excluding hydrogens is 398 g/mol. The van der Waals surface area contributed by atoms with Gasteiger partial charge in [-0.3, -0.25) is 9.52 Å². The molecule has 6 nitrogen and oxygen atoms in total. The molecular formula is C20H18ClN3O3S. The van der Waals surface area contributed by atoms with Crippen LogP contribution in [0, 0.1) is 0 Å². The molecule has 144 valence electrons. The van der Waals surface area contributed by atoms with Crippen molar-refractivity contribution in [3.05, 3.63) is 89.2 Å². The first-order valence-corrected chi connectivity index (χ1v) is 10.3. The van der Waals surface area contributed by atoms with E-state index in [-0.39, 0.29) is 27.3 Å². The van der Waals surface area contributed by atoms with Crippen molar-refractivity contribution in [3.63, 3.8) is 0 Å². The minimum atomic E-state index is -4.01. The second kappa shape index (κ2) is 8.41. The Labute approximate surface area is 168 Å². The van der Waals surface area contributed by atoms with Crippen molar-refractivity contribution in [1.82, 2.24) is 10.3 Å². The molecule has 0 aliphatic carbocycles. The molecule has 0 unspecified atom stereocenters. The lowest BCUT2D eigenvalue weighted by Crippen LogP contribution is -2.28. The maximum atomic E-state index is 12.8. The Balaban J connectivity index is 1.85. The van der Waals surface area contributed by atoms with Crippen LogP contribution in [0.2, 0.25) is 5.15 Å². The van der Waals surface area contributed by atoms with Gasteiger partial charge in [0.2, 0.25) is 0 Å². The van der Waals surface area contributed by atoms with Crippen LogP contribution in [0.15, 0.2) is 77.8 Å². The van der Waals surface area contributed by atoms with Crippen molar-refractivity contribution in [1.29, 1.82) is 0 Å². The van der Waals surface area contributed by atoms with Gasteiger partial charge in [0.15, 0.2) is 0 Å². The monoisotopic (exact) mass is 415 g/mol. The molecule has 3 rings (SSSR count). The first-order valence-electron chi connectivity index (χ1n) is 8.46. The fourth-order valence-corrected chi connectivity index (χ4v) is 4.17. The van der Waals surface area contributed by atoms with Gasteiger partial charge in [0.25, 0.3) is 15.9 Å². The molecule has 1 atom stereocenters. The summed E-state index contributed by atoms with van der Waals surface area (Å²) in [4.78, 5) is 16.4. The van der Waals surface area contributed by atoms with Gasteiger partial charge in [0.05, 0.1) is 17.3 Å². The van der Waals surface area contributed by atoms with Gasteiger partial charge in [-0.15, -0.1) is 0 Å². The Hall–Kier alpha value is -2.90. The van der Waals surface area contributed by atoms with Crippen molar-refractivity contribution in [2.75, 3.05) is 4.72 Å². The van der Waals surface area contributed by atoms with Gasteiger partial charge >= 0.3 is 0 Å². The molecule has 1 heterocycles. The number of nitrogens with zero attached hydrogens (tertiary/aromatic N) is 1. The first kappa shape index (κ1) is 19.9. The number of hydrogen-bond acceptors (Lipinski definition) is 4. The summed E-state index contributed by atoms with van der Waals surface area (Å²) in [6.45, 7) is 1.86. The Morgan fingerprint density at radius 3 is 2.39 bits per heavy atom. The summed E-state index contributed by atoms with van der Waals surface area (Å²) >= 11 is 5.90. The molecule has 0 aliphatic heterocycles. The van der Waals surface area contributed by atoms with Crippen molar-refractivity contribution in [2.24, 2.45) is 0 Å². The molecule has 3 aromatic rings. The summed E-state index contributed by atoms with van der Waals surface area (Å²) in [5, 5.41) is 2.73. The number of pyridine rings is 1. The predicted molar refractivity (Wildman–Crippen MR) is 109 cm³/mol. The summed E-state index contributed by atoms with van der Waals surface area (Å²) in [6.07, 6.45) is 1.40. The lowest BCUT2D eigenvalue weighted by molar-refractivity contribution is 0.0941. The number of rotatable bonds is 6. The van der Waals surface area contributed by atoms with E-state index in [2.05, 4.69) is 15.0 Å². The van der Waals surface area contributed by atoms with Crippen LogP contribution in [0.3, 0.4) is 0 Å². The van der Waals surface area contributed by atoms with E-state index >= 15 is 0 Å². The average Bonchev–Trinajstić information content (AvgIpc) is 2.69. The summed E-state index contributed by atoms with van der Waals surface area (Å²) in [6, 6.07) is 18.4. The summed E-state index contributed by atoms with van der Waals surface area (Å²) in [5.41, 5.74) is 1.30. The smallest absolute Gasteiger partial charge is 0.264 e. The number of benzene rings is 2. The normalized spacial score (nSPS) is 12.2. The second-order valence-corrected chi connectivity index (χ2v) is 8.06. The highest BCUT2D eigenvalue weighted by molar-refractivity contribution is 7.92. The van der Waals surface area contributed by atoms with Crippen molar-refractivity contribution in [2.45, 2.75) is 17.9 Å². The van der Waals surface area contributed by atoms with Gasteiger partial charge in [-0.05, 0) is 36.8 Å². The van der Waals surface area contributed by atoms with E-state index in [0.717, 1.165) is 5.56 Å². The van der Waals surface area contributed by atoms with E-state index in [9.17, 15) is 13.2 Å². The van der Waals surface area contributed by atoms with E-state index in [1.54, 1.807) is 18.2 Å². The number of carbonyl (C=O) groups is 1. The molecule has 0 saturated heterocycles. The highest BCUT2D eigenvalue weighted by atomic mass is 35.5. The molecule has 0 aliphatic rings. The Bertz CT molecular complexity index is 1090. The van der Waals surface area contributed by atoms with Gasteiger partial charge in [0, 0.05) is 6.20 Å². The Morgan fingerprint density at radius 2 is 1.68 bits per heavy atom. The molecule has 0 radical (unpaired) electrons. The van der Waals surface area contributed by atoms with Gasteiger partial charge in [-0.25, -0.2) is 13.4 Å². The van der Waals surface area contributed by atoms with Crippen LogP contribution >= 0.6 is 11.6 Å². The molecule has 1 amide bonds. The number of para-hydroxylation sites is 1. The number of nitrogens with one attached hydrogen (secondary N) is 2. The van der Waals surface area contributed by atoms with Crippen molar-refractivity contribution in [3.8, 4) is 0 Å². The topological polar surface area (TPSA) is 88.2 Å². The maximum absolute atomic E-state index is 12.8. The molecule has 0 saturated carbocycles. The summed E-state index contributed by atoms with van der Waals surface area (Å²) < 4.78 is 27.8. The highest BCUT2D eigenvalue weighted by Crippen LogP contribution is 2.24. The standard InChI is InChI=1S/C20H18ClN3O3S/c1-14(15-8-3-2-4-9-15)23-20(25)16-10-5-6-11-17(16)24-28(26,27)18-12-7-13-22-19(18)21/h2-14,24H,1H3,(H,23,25)/t14-/m0/s1. The van der Waals surface area contributed by atoms with Crippen molar-refractivity contribution >= 4 is 33.2 Å². The number of halogens is 1. The molecule has 0 fully saturated rings. The van der Waals surface area contributed by atoms with Crippen molar-refractivity contribution < 1.29 is 13.2 Å². The minimum absolute atomic E-state index is 0.144. The third-order valence-electron chi connectivity index (χ3n) is 4.08. The number of amides is 1. The molecule has 2 N–H and O–H groups in total. The van der Waals surface area contributed by atoms with E-state index in [0.29, 0.717) is 0 Å². The van der Waals surface area contributed by atoms with Crippen LogP contribution in [0.5, 0.6) is 0 Å². The Kier molecular flexibility index (Phi) is 5.96. The molecule has 8 heteroatoms. The van der Waals surface area contributed by atoms with Gasteiger partial charge < -0.3 is 5.32 Å². The number of hydrogen-bond donors (Lipinski definition) is 2. The second-order valence-electron chi connectivity index (χ2n) is 6.05. The maximum Gasteiger partial charge on any atom is 0.264 e. The number of aromatic nitrogens is 1. The zero-order chi connectivity index (χ0) is 20.1. The fraction of sp³-hybridized carbons (Fsp3) is 0.100. The van der Waals surface area contributed by atoms with E-state index in [1.165, 1.54) is 24.4 Å². The number of anilines is 1. The van der Waals surface area contributed by atoms with Gasteiger partial charge in [-0.2, -0.15) is 0 Å². The van der Waals surface area contributed by atoms with Gasteiger partial charge in [0.1, 0.15) is 10.0 Å². The zero-order valence-electron chi connectivity index (χ0n) is 15.0. The Morgan fingerprint density at radius 1 is 1.00 bits per heavy atom. The third-order valence-corrected chi connectivity index (χ3v) is 5.89. The summed E-state index contributed by atoms with van der Waals surface area (Å²) in [5.74, 6) is -0.396. The van der Waals surface area contributed by atoms with Crippen LogP contribution in [-0.2, 0) is 10.0 Å². The largest absolute Gasteiger partial charge is 0.345 e. The van der Waals surface area contributed by atoms with Crippen LogP contribution in [0.4, 0.5) is 5.69 Å².